The number of rotatable bonds is 3. The Labute approximate surface area is 139 Å². The number of hydrogen-bond donors (Lipinski definition) is 3. The smallest absolute Gasteiger partial charge is 0.255 e. The molecule has 2 unspecified atom stereocenters. The van der Waals surface area contributed by atoms with Gasteiger partial charge in [-0.3, -0.25) is 4.79 Å². The van der Waals surface area contributed by atoms with Crippen LogP contribution in [-0.2, 0) is 0 Å². The van der Waals surface area contributed by atoms with Gasteiger partial charge in [0, 0.05) is 16.0 Å². The van der Waals surface area contributed by atoms with Crippen LogP contribution in [0.15, 0.2) is 12.1 Å². The van der Waals surface area contributed by atoms with E-state index in [9.17, 15) is 15.0 Å². The van der Waals surface area contributed by atoms with Crippen molar-refractivity contribution in [2.45, 2.75) is 25.4 Å². The molecule has 19 heavy (non-hydrogen) atoms. The predicted octanol–water partition coefficient (Wildman–Crippen LogP) is 2.49. The maximum Gasteiger partial charge on any atom is 0.255 e. The second-order valence-corrected chi connectivity index (χ2v) is 7.16. The van der Waals surface area contributed by atoms with Crippen LogP contribution in [0, 0.1) is 13.1 Å². The lowest BCUT2D eigenvalue weighted by Crippen LogP contribution is -2.32. The monoisotopic (exact) mass is 487 g/mol. The molecule has 1 aromatic rings. The van der Waals surface area contributed by atoms with Crippen LogP contribution in [0.1, 0.15) is 29.6 Å². The van der Waals surface area contributed by atoms with Gasteiger partial charge in [-0.1, -0.05) is 6.42 Å². The summed E-state index contributed by atoms with van der Waals surface area (Å²) in [6, 6.07) is 3.48. The van der Waals surface area contributed by atoms with Gasteiger partial charge < -0.3 is 15.5 Å². The van der Waals surface area contributed by atoms with Crippen LogP contribution in [0.25, 0.3) is 0 Å². The Hall–Kier alpha value is -0.0900. The van der Waals surface area contributed by atoms with Gasteiger partial charge in [0.05, 0.1) is 15.2 Å². The van der Waals surface area contributed by atoms with Crippen molar-refractivity contribution in [3.63, 3.8) is 0 Å². The summed E-state index contributed by atoms with van der Waals surface area (Å²) in [4.78, 5) is 12.1. The summed E-state index contributed by atoms with van der Waals surface area (Å²) in [5, 5.41) is 22.4. The minimum absolute atomic E-state index is 0.0190. The topological polar surface area (TPSA) is 69.6 Å². The minimum Gasteiger partial charge on any atom is -0.506 e. The number of phenolic OH excluding ortho intramolecular Hbond substituents is 1. The van der Waals surface area contributed by atoms with Crippen LogP contribution in [0.3, 0.4) is 0 Å². The number of aliphatic hydroxyl groups is 1. The molecule has 1 aliphatic rings. The number of halogens is 2. The first-order valence-electron chi connectivity index (χ1n) is 6.13. The number of aliphatic hydroxyl groups excluding tert-OH is 1. The fraction of sp³-hybridized carbons (Fsp3) is 0.462. The Morgan fingerprint density at radius 2 is 2.11 bits per heavy atom. The molecule has 104 valence electrons. The lowest BCUT2D eigenvalue weighted by atomic mass is 10.1. The van der Waals surface area contributed by atoms with E-state index in [4.69, 9.17) is 0 Å². The highest BCUT2D eigenvalue weighted by molar-refractivity contribution is 14.1. The summed E-state index contributed by atoms with van der Waals surface area (Å²) >= 11 is 4.12. The van der Waals surface area contributed by atoms with E-state index < -0.39 is 0 Å². The van der Waals surface area contributed by atoms with Crippen molar-refractivity contribution >= 4 is 51.1 Å². The first kappa shape index (κ1) is 15.3. The quantitative estimate of drug-likeness (QED) is 0.575. The van der Waals surface area contributed by atoms with Crippen LogP contribution in [0.2, 0.25) is 0 Å². The highest BCUT2D eigenvalue weighted by Gasteiger charge is 2.26. The molecular weight excluding hydrogens is 472 g/mol. The van der Waals surface area contributed by atoms with E-state index in [1.807, 2.05) is 28.7 Å². The zero-order chi connectivity index (χ0) is 14.0. The molecular formula is C13H15I2NO3. The van der Waals surface area contributed by atoms with Gasteiger partial charge in [-0.05, 0) is 70.2 Å². The van der Waals surface area contributed by atoms with E-state index in [1.54, 1.807) is 6.07 Å². The van der Waals surface area contributed by atoms with E-state index in [1.165, 1.54) is 0 Å². The Bertz CT molecular complexity index is 493. The van der Waals surface area contributed by atoms with Gasteiger partial charge in [0.25, 0.3) is 5.91 Å². The highest BCUT2D eigenvalue weighted by Crippen LogP contribution is 2.28. The van der Waals surface area contributed by atoms with Crippen molar-refractivity contribution in [2.24, 2.45) is 5.92 Å². The van der Waals surface area contributed by atoms with Crippen LogP contribution < -0.4 is 5.32 Å². The Kier molecular flexibility index (Phi) is 5.29. The van der Waals surface area contributed by atoms with Gasteiger partial charge in [0.15, 0.2) is 0 Å². The first-order chi connectivity index (χ1) is 8.99. The van der Waals surface area contributed by atoms with Crippen molar-refractivity contribution in [3.05, 3.63) is 24.8 Å². The third-order valence-corrected chi connectivity index (χ3v) is 4.86. The second-order valence-electron chi connectivity index (χ2n) is 4.75. The van der Waals surface area contributed by atoms with Crippen molar-refractivity contribution < 1.29 is 15.0 Å². The maximum absolute atomic E-state index is 12.1. The van der Waals surface area contributed by atoms with Crippen molar-refractivity contribution in [1.82, 2.24) is 5.32 Å². The number of benzene rings is 1. The van der Waals surface area contributed by atoms with Crippen molar-refractivity contribution in [2.75, 3.05) is 6.54 Å². The molecule has 1 fully saturated rings. The van der Waals surface area contributed by atoms with Crippen LogP contribution in [-0.4, -0.2) is 28.8 Å². The van der Waals surface area contributed by atoms with Gasteiger partial charge in [0.1, 0.15) is 5.75 Å². The fourth-order valence-corrected chi connectivity index (χ4v) is 4.16. The average Bonchev–Trinajstić information content (AvgIpc) is 2.76. The molecule has 0 radical (unpaired) electrons. The van der Waals surface area contributed by atoms with Crippen LogP contribution in [0.5, 0.6) is 5.75 Å². The highest BCUT2D eigenvalue weighted by atomic mass is 127. The van der Waals surface area contributed by atoms with Crippen molar-refractivity contribution in [1.29, 1.82) is 0 Å². The summed E-state index contributed by atoms with van der Waals surface area (Å²) in [6.45, 7) is 0.460. The van der Waals surface area contributed by atoms with Gasteiger partial charge in [-0.2, -0.15) is 0 Å². The van der Waals surface area contributed by atoms with Crippen molar-refractivity contribution in [3.8, 4) is 5.75 Å². The number of carbonyl (C=O) groups is 1. The molecule has 0 saturated heterocycles. The molecule has 6 heteroatoms. The summed E-state index contributed by atoms with van der Waals surface area (Å²) in [5.74, 6) is -0.133. The third-order valence-electron chi connectivity index (χ3n) is 3.42. The predicted molar refractivity (Wildman–Crippen MR) is 89.2 cm³/mol. The normalized spacial score (nSPS) is 22.5. The first-order valence-corrected chi connectivity index (χ1v) is 8.29. The van der Waals surface area contributed by atoms with Gasteiger partial charge in [-0.25, -0.2) is 0 Å². The minimum atomic E-state index is -0.315. The molecule has 4 nitrogen and oxygen atoms in total. The molecule has 0 aliphatic heterocycles. The molecule has 1 aromatic carbocycles. The summed E-state index contributed by atoms with van der Waals surface area (Å²) < 4.78 is 1.57. The van der Waals surface area contributed by atoms with Gasteiger partial charge >= 0.3 is 0 Å². The largest absolute Gasteiger partial charge is 0.506 e. The number of phenols is 1. The Balaban J connectivity index is 2.04. The summed E-state index contributed by atoms with van der Waals surface area (Å²) in [5.41, 5.74) is 0.295. The van der Waals surface area contributed by atoms with E-state index in [0.29, 0.717) is 15.7 Å². The Morgan fingerprint density at radius 3 is 2.74 bits per heavy atom. The molecule has 2 rings (SSSR count). The molecule has 2 atom stereocenters. The van der Waals surface area contributed by atoms with Gasteiger partial charge in [-0.15, -0.1) is 0 Å². The zero-order valence-electron chi connectivity index (χ0n) is 10.2. The zero-order valence-corrected chi connectivity index (χ0v) is 14.5. The number of nitrogens with one attached hydrogen (secondary N) is 1. The number of amides is 1. The van der Waals surface area contributed by atoms with Gasteiger partial charge in [0.2, 0.25) is 0 Å². The molecule has 0 aromatic heterocycles. The molecule has 1 amide bonds. The lowest BCUT2D eigenvalue weighted by Gasteiger charge is -2.15. The van der Waals surface area contributed by atoms with E-state index in [0.717, 1.165) is 22.8 Å². The standard InChI is InChI=1S/C13H15I2NO3/c14-8-4-9(12(18)10(15)5-8)13(19)16-6-7-2-1-3-11(7)17/h4-5,7,11,17-18H,1-3,6H2,(H,16,19). The second kappa shape index (κ2) is 6.57. The third kappa shape index (κ3) is 3.72. The van der Waals surface area contributed by atoms with E-state index >= 15 is 0 Å². The lowest BCUT2D eigenvalue weighted by molar-refractivity contribution is 0.0914. The molecule has 0 bridgehead atoms. The van der Waals surface area contributed by atoms with Crippen LogP contribution >= 0.6 is 45.2 Å². The molecule has 1 saturated carbocycles. The fourth-order valence-electron chi connectivity index (χ4n) is 2.31. The average molecular weight is 487 g/mol. The Morgan fingerprint density at radius 1 is 1.37 bits per heavy atom. The summed E-state index contributed by atoms with van der Waals surface area (Å²) in [7, 11) is 0. The maximum atomic E-state index is 12.1. The SMILES string of the molecule is O=C(NCC1CCCC1O)c1cc(I)cc(I)c1O. The molecule has 0 heterocycles. The number of aromatic hydroxyl groups is 1. The summed E-state index contributed by atoms with van der Waals surface area (Å²) in [6.07, 6.45) is 2.45. The molecule has 1 aliphatic carbocycles. The van der Waals surface area contributed by atoms with E-state index in [-0.39, 0.29) is 23.7 Å². The number of carbonyl (C=O) groups excluding carboxylic acids is 1. The molecule has 3 N–H and O–H groups in total. The number of hydrogen-bond acceptors (Lipinski definition) is 3. The van der Waals surface area contributed by atoms with E-state index in [2.05, 4.69) is 27.9 Å². The van der Waals surface area contributed by atoms with Crippen LogP contribution in [0.4, 0.5) is 0 Å². The molecule has 0 spiro atoms.